The van der Waals surface area contributed by atoms with Gasteiger partial charge in [-0.25, -0.2) is 13.8 Å². The van der Waals surface area contributed by atoms with E-state index in [1.807, 2.05) is 0 Å². The summed E-state index contributed by atoms with van der Waals surface area (Å²) in [5.41, 5.74) is 0.329. The van der Waals surface area contributed by atoms with Crippen LogP contribution in [0.3, 0.4) is 0 Å². The Morgan fingerprint density at radius 1 is 1.08 bits per heavy atom. The average molecular weight is 707 g/mol. The van der Waals surface area contributed by atoms with E-state index < -0.39 is 23.7 Å². The molecule has 1 aliphatic carbocycles. The SMILES string of the molecule is C#Cc1c(F)ccc2cc(O)cc(-c3nc4c5c(nc(OCC6(CN7CCC(C(F)(F)F)CC7)CC6)nc5c3F)N3C[C@@H](CC)NC[C@H]3CC4)c12. The van der Waals surface area contributed by atoms with Gasteiger partial charge in [0, 0.05) is 48.1 Å². The van der Waals surface area contributed by atoms with Gasteiger partial charge in [-0.05, 0) is 81.6 Å². The molecule has 0 radical (unpaired) electrons. The van der Waals surface area contributed by atoms with Crippen molar-refractivity contribution in [1.29, 1.82) is 0 Å². The fourth-order valence-electron chi connectivity index (χ4n) is 8.18. The van der Waals surface area contributed by atoms with Crippen molar-refractivity contribution >= 4 is 27.5 Å². The van der Waals surface area contributed by atoms with Crippen molar-refractivity contribution in [3.8, 4) is 35.4 Å². The average Bonchev–Trinajstić information content (AvgIpc) is 3.91. The van der Waals surface area contributed by atoms with Crippen LogP contribution in [0.5, 0.6) is 11.8 Å². The Balaban J connectivity index is 1.20. The van der Waals surface area contributed by atoms with E-state index in [2.05, 4.69) is 32.9 Å². The lowest BCUT2D eigenvalue weighted by atomic mass is 9.95. The smallest absolute Gasteiger partial charge is 0.391 e. The molecule has 8 rings (SSSR count). The number of rotatable bonds is 7. The Labute approximate surface area is 292 Å². The monoisotopic (exact) mass is 706 g/mol. The quantitative estimate of drug-likeness (QED) is 0.162. The summed E-state index contributed by atoms with van der Waals surface area (Å²) in [6.07, 6.45) is 5.56. The zero-order valence-electron chi connectivity index (χ0n) is 28.3. The lowest BCUT2D eigenvalue weighted by molar-refractivity contribution is -0.185. The molecule has 2 atom stereocenters. The third-order valence-corrected chi connectivity index (χ3v) is 11.3. The van der Waals surface area contributed by atoms with E-state index in [0.717, 1.165) is 19.3 Å². The number of anilines is 1. The molecular weight excluding hydrogens is 667 g/mol. The number of piperazine rings is 1. The molecule has 51 heavy (non-hydrogen) atoms. The van der Waals surface area contributed by atoms with E-state index in [1.165, 1.54) is 24.3 Å². The molecule has 3 aliphatic heterocycles. The molecule has 8 nitrogen and oxygen atoms in total. The minimum atomic E-state index is -4.17. The zero-order chi connectivity index (χ0) is 35.7. The molecule has 13 heteroatoms. The minimum Gasteiger partial charge on any atom is -0.508 e. The molecule has 0 amide bonds. The second-order valence-electron chi connectivity index (χ2n) is 14.7. The van der Waals surface area contributed by atoms with Gasteiger partial charge in [-0.15, -0.1) is 6.42 Å². The number of fused-ring (bicyclic) bond motifs is 3. The summed E-state index contributed by atoms with van der Waals surface area (Å²) in [4.78, 5) is 18.7. The third-order valence-electron chi connectivity index (χ3n) is 11.3. The second-order valence-corrected chi connectivity index (χ2v) is 14.7. The van der Waals surface area contributed by atoms with Gasteiger partial charge < -0.3 is 25.0 Å². The van der Waals surface area contributed by atoms with Crippen molar-refractivity contribution < 1.29 is 31.8 Å². The second kappa shape index (κ2) is 12.7. The van der Waals surface area contributed by atoms with Crippen LogP contribution in [0.4, 0.5) is 27.8 Å². The highest BCUT2D eigenvalue weighted by Gasteiger charge is 2.47. The lowest BCUT2D eigenvalue weighted by Gasteiger charge is -2.40. The normalized spacial score (nSPS) is 22.1. The van der Waals surface area contributed by atoms with Gasteiger partial charge >= 0.3 is 12.2 Å². The Bertz CT molecular complexity index is 2050. The van der Waals surface area contributed by atoms with Crippen LogP contribution >= 0.6 is 0 Å². The summed E-state index contributed by atoms with van der Waals surface area (Å²) in [5.74, 6) is 0.101. The number of piperidine rings is 1. The van der Waals surface area contributed by atoms with Gasteiger partial charge in [0.05, 0.1) is 29.2 Å². The highest BCUT2D eigenvalue weighted by Crippen LogP contribution is 2.48. The van der Waals surface area contributed by atoms with Crippen molar-refractivity contribution in [1.82, 2.24) is 25.2 Å². The van der Waals surface area contributed by atoms with E-state index in [0.29, 0.717) is 67.8 Å². The predicted octanol–water partition coefficient (Wildman–Crippen LogP) is 6.75. The number of alkyl halides is 3. The van der Waals surface area contributed by atoms with E-state index in [4.69, 9.17) is 21.1 Å². The van der Waals surface area contributed by atoms with Crippen LogP contribution in [0.15, 0.2) is 24.3 Å². The van der Waals surface area contributed by atoms with Crippen LogP contribution in [0.2, 0.25) is 0 Å². The number of likely N-dealkylation sites (tertiary alicyclic amines) is 1. The first kappa shape index (κ1) is 33.8. The largest absolute Gasteiger partial charge is 0.508 e. The molecule has 0 unspecified atom stereocenters. The molecule has 1 saturated carbocycles. The molecule has 2 aromatic heterocycles. The summed E-state index contributed by atoms with van der Waals surface area (Å²) in [6, 6.07) is 5.74. The van der Waals surface area contributed by atoms with Crippen molar-refractivity contribution in [2.24, 2.45) is 11.3 Å². The Hall–Kier alpha value is -4.28. The summed E-state index contributed by atoms with van der Waals surface area (Å²) in [7, 11) is 0. The van der Waals surface area contributed by atoms with Crippen molar-refractivity contribution in [2.45, 2.75) is 70.1 Å². The Kier molecular flexibility index (Phi) is 8.45. The number of ether oxygens (including phenoxy) is 1. The van der Waals surface area contributed by atoms with Crippen molar-refractivity contribution in [3.63, 3.8) is 0 Å². The number of pyridine rings is 1. The number of phenols is 1. The van der Waals surface area contributed by atoms with E-state index in [9.17, 15) is 22.7 Å². The first-order valence-corrected chi connectivity index (χ1v) is 17.7. The molecular formula is C38H39F5N6O2. The van der Waals surface area contributed by atoms with Crippen LogP contribution in [-0.4, -0.2) is 82.5 Å². The number of terminal acetylenes is 1. The number of hydrogen-bond donors (Lipinski definition) is 2. The Morgan fingerprint density at radius 3 is 2.57 bits per heavy atom. The number of aromatic hydroxyl groups is 1. The van der Waals surface area contributed by atoms with Gasteiger partial charge in [0.25, 0.3) is 0 Å². The number of nitrogens with one attached hydrogen (secondary N) is 1. The molecule has 2 aromatic carbocycles. The maximum atomic E-state index is 17.1. The van der Waals surface area contributed by atoms with Gasteiger partial charge in [-0.2, -0.15) is 23.1 Å². The summed E-state index contributed by atoms with van der Waals surface area (Å²) in [6.45, 7) is 5.08. The predicted molar refractivity (Wildman–Crippen MR) is 184 cm³/mol. The van der Waals surface area contributed by atoms with Gasteiger partial charge in [0.1, 0.15) is 28.6 Å². The van der Waals surface area contributed by atoms with E-state index >= 15 is 4.39 Å². The van der Waals surface area contributed by atoms with Crippen molar-refractivity contribution in [3.05, 3.63) is 47.2 Å². The summed E-state index contributed by atoms with van der Waals surface area (Å²) < 4.78 is 78.2. The van der Waals surface area contributed by atoms with E-state index in [1.54, 1.807) is 0 Å². The molecule has 268 valence electrons. The van der Waals surface area contributed by atoms with Crippen LogP contribution in [0.25, 0.3) is 32.9 Å². The number of hydrogen-bond acceptors (Lipinski definition) is 8. The van der Waals surface area contributed by atoms with Crippen LogP contribution < -0.4 is 15.0 Å². The number of benzene rings is 2. The van der Waals surface area contributed by atoms with Crippen LogP contribution in [-0.2, 0) is 6.42 Å². The summed E-state index contributed by atoms with van der Waals surface area (Å²) >= 11 is 0. The molecule has 0 spiro atoms. The number of aromatic nitrogens is 3. The highest BCUT2D eigenvalue weighted by atomic mass is 19.4. The number of nitrogens with zero attached hydrogens (tertiary/aromatic N) is 5. The molecule has 3 fully saturated rings. The molecule has 2 N–H and O–H groups in total. The fraction of sp³-hybridized carbons (Fsp3) is 0.500. The highest BCUT2D eigenvalue weighted by molar-refractivity contribution is 6.03. The van der Waals surface area contributed by atoms with Crippen molar-refractivity contribution in [2.75, 3.05) is 44.2 Å². The molecule has 2 saturated heterocycles. The van der Waals surface area contributed by atoms with Gasteiger partial charge in [0.15, 0.2) is 5.82 Å². The maximum absolute atomic E-state index is 17.1. The summed E-state index contributed by atoms with van der Waals surface area (Å²) in [5, 5.41) is 15.5. The first-order valence-electron chi connectivity index (χ1n) is 17.7. The van der Waals surface area contributed by atoms with Crippen LogP contribution in [0, 0.1) is 35.3 Å². The van der Waals surface area contributed by atoms with E-state index in [-0.39, 0.29) is 76.4 Å². The topological polar surface area (TPSA) is 86.6 Å². The lowest BCUT2D eigenvalue weighted by Crippen LogP contribution is -2.56. The molecule has 4 aliphatic rings. The minimum absolute atomic E-state index is 0.00455. The molecule has 5 heterocycles. The third kappa shape index (κ3) is 6.20. The number of aryl methyl sites for hydroxylation is 1. The standard InChI is InChI=1S/C38H39F5N6O2/c1-3-23-18-49-24(17-44-23)6-8-29-31-34(32(40)33(45-29)27-16-25(50)15-21-5-7-28(39)26(4-2)30(21)27)46-36(47-35(31)49)51-20-37(11-12-37)19-48-13-9-22(10-14-48)38(41,42)43/h2,5,7,15-16,22-24,44,50H,3,6,8-14,17-20H2,1H3/t23-,24-/m1/s1. The van der Waals surface area contributed by atoms with Gasteiger partial charge in [-0.3, -0.25) is 0 Å². The molecule has 4 aromatic rings. The maximum Gasteiger partial charge on any atom is 0.391 e. The van der Waals surface area contributed by atoms with Gasteiger partial charge in [0.2, 0.25) is 0 Å². The number of phenolic OH excluding ortho intramolecular Hbond substituents is 1. The number of halogens is 5. The zero-order valence-corrected chi connectivity index (χ0v) is 28.3. The Morgan fingerprint density at radius 2 is 1.86 bits per heavy atom. The van der Waals surface area contributed by atoms with Gasteiger partial charge in [-0.1, -0.05) is 18.9 Å². The van der Waals surface area contributed by atoms with Crippen LogP contribution in [0.1, 0.15) is 56.7 Å². The molecule has 0 bridgehead atoms. The first-order chi connectivity index (χ1) is 24.5. The fourth-order valence-corrected chi connectivity index (χ4v) is 8.18.